The van der Waals surface area contributed by atoms with Crippen LogP contribution in [0.1, 0.15) is 6.42 Å². The molecule has 0 saturated carbocycles. The molecule has 2 radical (unpaired) electrons. The second kappa shape index (κ2) is 2.68. The number of fused-ring (bicyclic) bond motifs is 2. The molecule has 11 heavy (non-hydrogen) atoms. The Morgan fingerprint density at radius 1 is 1.82 bits per heavy atom. The Hall–Kier alpha value is 0.335. The van der Waals surface area contributed by atoms with Crippen molar-refractivity contribution in [1.82, 2.24) is 0 Å². The van der Waals surface area contributed by atoms with Crippen LogP contribution < -0.4 is 0 Å². The van der Waals surface area contributed by atoms with Gasteiger partial charge in [-0.1, -0.05) is 0 Å². The first-order chi connectivity index (χ1) is 5.26. The maximum atomic E-state index is 5.74. The van der Waals surface area contributed by atoms with Crippen molar-refractivity contribution in [2.24, 2.45) is 0 Å². The third-order valence-electron chi connectivity index (χ3n) is 2.29. The molecule has 0 aliphatic carbocycles. The molecule has 2 fully saturated rings. The summed E-state index contributed by atoms with van der Waals surface area (Å²) in [6, 6.07) is -0.0658. The average molecular weight is 170 g/mol. The summed E-state index contributed by atoms with van der Waals surface area (Å²) in [5.74, 6) is 1.04. The molecule has 0 aromatic rings. The van der Waals surface area contributed by atoms with Crippen molar-refractivity contribution in [3.05, 3.63) is 0 Å². The molecule has 0 amide bonds. The number of hydrogen-bond donors (Lipinski definition) is 0. The third kappa shape index (κ3) is 1.21. The largest absolute Gasteiger partial charge is 0.382 e. The molecule has 2 aliphatic rings. The van der Waals surface area contributed by atoms with Crippen LogP contribution in [-0.2, 0) is 9.47 Å². The van der Waals surface area contributed by atoms with E-state index in [0.717, 1.165) is 12.2 Å². The fourth-order valence-electron chi connectivity index (χ4n) is 1.80. The SMILES string of the molecule is [B][C@@H]1O[C@@]2(COC)CSC1C2. The van der Waals surface area contributed by atoms with Gasteiger partial charge in [-0.15, -0.1) is 0 Å². The first-order valence-corrected chi connectivity index (χ1v) is 4.85. The molecule has 2 aliphatic heterocycles. The maximum Gasteiger partial charge on any atom is 0.110 e. The Labute approximate surface area is 72.4 Å². The van der Waals surface area contributed by atoms with Gasteiger partial charge >= 0.3 is 0 Å². The van der Waals surface area contributed by atoms with E-state index in [-0.39, 0.29) is 11.6 Å². The van der Waals surface area contributed by atoms with Gasteiger partial charge in [0.1, 0.15) is 13.4 Å². The Bertz CT molecular complexity index is 163. The van der Waals surface area contributed by atoms with Gasteiger partial charge in [-0.3, -0.25) is 0 Å². The molecule has 0 aromatic heterocycles. The van der Waals surface area contributed by atoms with E-state index in [9.17, 15) is 0 Å². The second-order valence-corrected chi connectivity index (χ2v) is 4.48. The highest BCUT2D eigenvalue weighted by Gasteiger charge is 2.50. The van der Waals surface area contributed by atoms with E-state index in [2.05, 4.69) is 0 Å². The first-order valence-electron chi connectivity index (χ1n) is 3.80. The highest BCUT2D eigenvalue weighted by Crippen LogP contribution is 2.46. The lowest BCUT2D eigenvalue weighted by Gasteiger charge is -2.28. The number of hydrogen-bond acceptors (Lipinski definition) is 3. The van der Waals surface area contributed by atoms with E-state index < -0.39 is 0 Å². The normalized spacial score (nSPS) is 48.5. The van der Waals surface area contributed by atoms with Gasteiger partial charge in [0.2, 0.25) is 0 Å². The summed E-state index contributed by atoms with van der Waals surface area (Å²) in [6.07, 6.45) is 1.06. The molecule has 2 nitrogen and oxygen atoms in total. The predicted octanol–water partition coefficient (Wildman–Crippen LogP) is 0.402. The number of ether oxygens (including phenoxy) is 2. The van der Waals surface area contributed by atoms with Crippen LogP contribution in [-0.4, -0.2) is 44.2 Å². The van der Waals surface area contributed by atoms with Gasteiger partial charge in [0.25, 0.3) is 0 Å². The lowest BCUT2D eigenvalue weighted by molar-refractivity contribution is -0.0471. The molecule has 60 valence electrons. The van der Waals surface area contributed by atoms with Crippen LogP contribution in [0.5, 0.6) is 0 Å². The summed E-state index contributed by atoms with van der Waals surface area (Å²) in [5, 5.41) is 0.505. The summed E-state index contributed by atoms with van der Waals surface area (Å²) in [4.78, 5) is 0. The predicted molar refractivity (Wildman–Crippen MR) is 46.1 cm³/mol. The van der Waals surface area contributed by atoms with Gasteiger partial charge in [-0.2, -0.15) is 11.8 Å². The van der Waals surface area contributed by atoms with Gasteiger partial charge in [0.15, 0.2) is 0 Å². The molecule has 2 saturated heterocycles. The van der Waals surface area contributed by atoms with Crippen LogP contribution in [0.4, 0.5) is 0 Å². The van der Waals surface area contributed by atoms with Crippen molar-refractivity contribution in [2.75, 3.05) is 19.5 Å². The quantitative estimate of drug-likeness (QED) is 0.559. The lowest BCUT2D eigenvalue weighted by Crippen LogP contribution is -2.37. The third-order valence-corrected chi connectivity index (χ3v) is 3.85. The zero-order chi connectivity index (χ0) is 7.90. The van der Waals surface area contributed by atoms with E-state index in [1.54, 1.807) is 7.11 Å². The van der Waals surface area contributed by atoms with Crippen molar-refractivity contribution >= 4 is 19.6 Å². The molecule has 1 unspecified atom stereocenters. The first kappa shape index (κ1) is 7.96. The van der Waals surface area contributed by atoms with E-state index >= 15 is 0 Å². The highest BCUT2D eigenvalue weighted by atomic mass is 32.2. The van der Waals surface area contributed by atoms with Crippen LogP contribution in [0, 0.1) is 0 Å². The topological polar surface area (TPSA) is 18.5 Å². The molecular formula is C7H11BO2S. The van der Waals surface area contributed by atoms with Crippen LogP contribution in [0.25, 0.3) is 0 Å². The molecule has 2 heterocycles. The minimum atomic E-state index is -0.0658. The van der Waals surface area contributed by atoms with Crippen molar-refractivity contribution in [3.8, 4) is 0 Å². The van der Waals surface area contributed by atoms with Gasteiger partial charge < -0.3 is 9.47 Å². The highest BCUT2D eigenvalue weighted by molar-refractivity contribution is 8.00. The summed E-state index contributed by atoms with van der Waals surface area (Å²) in [5.41, 5.74) is -0.0521. The van der Waals surface area contributed by atoms with E-state index in [1.165, 1.54) is 0 Å². The standard InChI is InChI=1S/C7H11BO2S/c1-9-3-7-2-5(11-4-7)6(8)10-7/h5-6H,2-4H2,1H3/t5?,6-,7+/m1/s1. The number of thioether (sulfide) groups is 1. The summed E-state index contributed by atoms with van der Waals surface area (Å²) in [7, 11) is 7.45. The lowest BCUT2D eigenvalue weighted by atomic mass is 9.95. The Morgan fingerprint density at radius 3 is 3.09 bits per heavy atom. The Kier molecular flexibility index (Phi) is 1.94. The fraction of sp³-hybridized carbons (Fsp3) is 1.00. The molecule has 3 atom stereocenters. The zero-order valence-electron chi connectivity index (χ0n) is 6.58. The average Bonchev–Trinajstić information content (AvgIpc) is 2.44. The monoisotopic (exact) mass is 170 g/mol. The molecule has 0 spiro atoms. The summed E-state index contributed by atoms with van der Waals surface area (Å²) in [6.45, 7) is 0.685. The van der Waals surface area contributed by atoms with Crippen LogP contribution in [0.2, 0.25) is 0 Å². The van der Waals surface area contributed by atoms with Crippen LogP contribution in [0.15, 0.2) is 0 Å². The Balaban J connectivity index is 2.05. The minimum Gasteiger partial charge on any atom is -0.382 e. The van der Waals surface area contributed by atoms with Crippen LogP contribution >= 0.6 is 11.8 Å². The van der Waals surface area contributed by atoms with Crippen molar-refractivity contribution in [3.63, 3.8) is 0 Å². The van der Waals surface area contributed by atoms with E-state index in [1.807, 2.05) is 11.8 Å². The number of methoxy groups -OCH3 is 1. The fourth-order valence-corrected chi connectivity index (χ4v) is 3.25. The molecule has 4 heteroatoms. The summed E-state index contributed by atoms with van der Waals surface area (Å²) < 4.78 is 10.7. The van der Waals surface area contributed by atoms with E-state index in [4.69, 9.17) is 17.3 Å². The summed E-state index contributed by atoms with van der Waals surface area (Å²) >= 11 is 1.91. The van der Waals surface area contributed by atoms with Gasteiger partial charge in [0, 0.05) is 24.1 Å². The van der Waals surface area contributed by atoms with Crippen molar-refractivity contribution < 1.29 is 9.47 Å². The molecular weight excluding hydrogens is 159 g/mol. The molecule has 2 rings (SSSR count). The van der Waals surface area contributed by atoms with E-state index in [0.29, 0.717) is 11.9 Å². The molecule has 2 bridgehead atoms. The smallest absolute Gasteiger partial charge is 0.110 e. The van der Waals surface area contributed by atoms with Crippen LogP contribution in [0.3, 0.4) is 0 Å². The molecule has 0 aromatic carbocycles. The Morgan fingerprint density at radius 2 is 2.64 bits per heavy atom. The zero-order valence-corrected chi connectivity index (χ0v) is 7.39. The maximum absolute atomic E-state index is 5.74. The van der Waals surface area contributed by atoms with Crippen molar-refractivity contribution in [1.29, 1.82) is 0 Å². The minimum absolute atomic E-state index is 0.0521. The number of rotatable bonds is 2. The van der Waals surface area contributed by atoms with Gasteiger partial charge in [-0.05, 0) is 6.42 Å². The second-order valence-electron chi connectivity index (χ2n) is 3.25. The molecule has 0 N–H and O–H groups in total. The van der Waals surface area contributed by atoms with Crippen molar-refractivity contribution in [2.45, 2.75) is 23.3 Å². The van der Waals surface area contributed by atoms with Gasteiger partial charge in [0.05, 0.1) is 6.61 Å². The van der Waals surface area contributed by atoms with Gasteiger partial charge in [-0.25, -0.2) is 0 Å².